The first kappa shape index (κ1) is 27.5. The first-order chi connectivity index (χ1) is 18.9. The maximum Gasteiger partial charge on any atom is 0.256 e. The van der Waals surface area contributed by atoms with Crippen LogP contribution < -0.4 is 4.74 Å². The summed E-state index contributed by atoms with van der Waals surface area (Å²) >= 11 is 0. The van der Waals surface area contributed by atoms with E-state index in [9.17, 15) is 9.90 Å². The van der Waals surface area contributed by atoms with E-state index in [0.29, 0.717) is 5.75 Å². The van der Waals surface area contributed by atoms with Crippen molar-refractivity contribution in [1.29, 1.82) is 0 Å². The third kappa shape index (κ3) is 6.40. The highest BCUT2D eigenvalue weighted by molar-refractivity contribution is 6.08. The molecule has 0 spiro atoms. The number of aromatic hydroxyl groups is 1. The highest BCUT2D eigenvalue weighted by atomic mass is 16.5. The van der Waals surface area contributed by atoms with Crippen molar-refractivity contribution in [2.45, 2.75) is 26.3 Å². The normalized spacial score (nSPS) is 17.7. The maximum absolute atomic E-state index is 13.9. The summed E-state index contributed by atoms with van der Waals surface area (Å²) in [6.45, 7) is 12.7. The summed E-state index contributed by atoms with van der Waals surface area (Å²) in [6.07, 6.45) is 1.95. The quantitative estimate of drug-likeness (QED) is 0.456. The summed E-state index contributed by atoms with van der Waals surface area (Å²) in [5.74, 6) is 1.22. The number of ether oxygens (including phenoxy) is 1. The lowest BCUT2D eigenvalue weighted by Crippen LogP contribution is -2.49. The number of rotatable bonds is 9. The second-order valence-electron chi connectivity index (χ2n) is 11.0. The molecule has 0 radical (unpaired) electrons. The Bertz CT molecular complexity index is 1270. The van der Waals surface area contributed by atoms with Crippen molar-refractivity contribution in [2.75, 3.05) is 79.6 Å². The number of carbonyl (C=O) groups excluding carboxylic acids is 1. The summed E-state index contributed by atoms with van der Waals surface area (Å²) in [5, 5.41) is 10.7. The predicted molar refractivity (Wildman–Crippen MR) is 156 cm³/mol. The number of phenolic OH excluding ortho intramolecular Hbond substituents is 1. The van der Waals surface area contributed by atoms with Crippen LogP contribution in [-0.4, -0.2) is 115 Å². The third-order valence-corrected chi connectivity index (χ3v) is 8.48. The molecule has 2 saturated heterocycles. The molecule has 0 bridgehead atoms. The Balaban J connectivity index is 1.25. The van der Waals surface area contributed by atoms with Crippen molar-refractivity contribution in [1.82, 2.24) is 24.2 Å². The molecule has 8 nitrogen and oxygen atoms in total. The van der Waals surface area contributed by atoms with Crippen LogP contribution in [0, 0.1) is 6.92 Å². The van der Waals surface area contributed by atoms with Gasteiger partial charge in [0.2, 0.25) is 0 Å². The highest BCUT2D eigenvalue weighted by Gasteiger charge is 2.27. The van der Waals surface area contributed by atoms with E-state index >= 15 is 0 Å². The summed E-state index contributed by atoms with van der Waals surface area (Å²) in [4.78, 5) is 23.3. The molecule has 8 heteroatoms. The zero-order valence-electron chi connectivity index (χ0n) is 23.7. The van der Waals surface area contributed by atoms with Crippen LogP contribution in [0.2, 0.25) is 0 Å². The summed E-state index contributed by atoms with van der Waals surface area (Å²) in [7, 11) is 3.87. The number of hydrogen-bond donors (Lipinski definition) is 1. The largest absolute Gasteiger partial charge is 0.508 e. The van der Waals surface area contributed by atoms with E-state index in [4.69, 9.17) is 4.74 Å². The van der Waals surface area contributed by atoms with Crippen LogP contribution in [-0.2, 0) is 13.0 Å². The maximum atomic E-state index is 13.9. The molecule has 1 aromatic heterocycles. The fourth-order valence-electron chi connectivity index (χ4n) is 6.00. The standard InChI is InChI=1S/C31H43N5O3/c1-24-30(31(38)35-20-18-34(19-21-35)13-10-25-6-4-7-26(37)22-25)28-23-27(39-3)8-9-29(28)36(24)12-5-11-33-16-14-32(2)15-17-33/h4,6-9,22-23,37H,5,10-21H2,1-3H3. The molecule has 2 aliphatic rings. The minimum atomic E-state index is 0.121. The topological polar surface area (TPSA) is 64.4 Å². The van der Waals surface area contributed by atoms with Gasteiger partial charge in [-0.2, -0.15) is 0 Å². The molecule has 1 amide bonds. The Labute approximate surface area is 232 Å². The van der Waals surface area contributed by atoms with Crippen molar-refractivity contribution >= 4 is 16.8 Å². The van der Waals surface area contributed by atoms with Gasteiger partial charge in [0.15, 0.2) is 0 Å². The van der Waals surface area contributed by atoms with Gasteiger partial charge in [0, 0.05) is 82.0 Å². The molecule has 0 atom stereocenters. The van der Waals surface area contributed by atoms with Gasteiger partial charge in [-0.05, 0) is 69.3 Å². The van der Waals surface area contributed by atoms with E-state index < -0.39 is 0 Å². The van der Waals surface area contributed by atoms with Gasteiger partial charge in [0.05, 0.1) is 12.7 Å². The third-order valence-electron chi connectivity index (χ3n) is 8.48. The molecule has 39 heavy (non-hydrogen) atoms. The van der Waals surface area contributed by atoms with Gasteiger partial charge in [-0.15, -0.1) is 0 Å². The highest BCUT2D eigenvalue weighted by Crippen LogP contribution is 2.31. The molecule has 2 fully saturated rings. The van der Waals surface area contributed by atoms with E-state index in [-0.39, 0.29) is 5.91 Å². The Morgan fingerprint density at radius 1 is 0.897 bits per heavy atom. The van der Waals surface area contributed by atoms with Crippen LogP contribution in [0.5, 0.6) is 11.5 Å². The van der Waals surface area contributed by atoms with E-state index in [1.165, 1.54) is 0 Å². The van der Waals surface area contributed by atoms with Crippen molar-refractivity contribution in [3.63, 3.8) is 0 Å². The number of nitrogens with zero attached hydrogens (tertiary/aromatic N) is 5. The van der Waals surface area contributed by atoms with Crippen LogP contribution in [0.1, 0.15) is 28.0 Å². The summed E-state index contributed by atoms with van der Waals surface area (Å²) in [6, 6.07) is 13.6. The number of aryl methyl sites for hydroxylation is 1. The second-order valence-corrected chi connectivity index (χ2v) is 11.0. The van der Waals surface area contributed by atoms with E-state index in [2.05, 4.69) is 45.4 Å². The smallest absolute Gasteiger partial charge is 0.256 e. The molecule has 2 aromatic carbocycles. The molecule has 0 aliphatic carbocycles. The fraction of sp³-hybridized carbons (Fsp3) is 0.516. The number of methoxy groups -OCH3 is 1. The average molecular weight is 534 g/mol. The summed E-state index contributed by atoms with van der Waals surface area (Å²) in [5.41, 5.74) is 4.11. The Kier molecular flexibility index (Phi) is 8.75. The number of carbonyl (C=O) groups is 1. The van der Waals surface area contributed by atoms with Crippen molar-refractivity contribution in [2.24, 2.45) is 0 Å². The number of amides is 1. The molecule has 0 saturated carbocycles. The number of phenols is 1. The zero-order valence-corrected chi connectivity index (χ0v) is 23.7. The summed E-state index contributed by atoms with van der Waals surface area (Å²) < 4.78 is 7.88. The van der Waals surface area contributed by atoms with Gasteiger partial charge in [0.25, 0.3) is 5.91 Å². The average Bonchev–Trinajstić information content (AvgIpc) is 3.23. The number of benzene rings is 2. The van der Waals surface area contributed by atoms with Crippen molar-refractivity contribution in [3.8, 4) is 11.5 Å². The minimum absolute atomic E-state index is 0.121. The Hall–Kier alpha value is -3.07. The molecule has 210 valence electrons. The van der Waals surface area contributed by atoms with E-state index in [1.54, 1.807) is 13.2 Å². The lowest BCUT2D eigenvalue weighted by atomic mass is 10.1. The van der Waals surface area contributed by atoms with Gasteiger partial charge in [-0.25, -0.2) is 0 Å². The fourth-order valence-corrected chi connectivity index (χ4v) is 6.00. The minimum Gasteiger partial charge on any atom is -0.508 e. The van der Waals surface area contributed by atoms with Crippen LogP contribution in [0.3, 0.4) is 0 Å². The van der Waals surface area contributed by atoms with Gasteiger partial charge >= 0.3 is 0 Å². The second kappa shape index (κ2) is 12.4. The molecule has 5 rings (SSSR count). The van der Waals surface area contributed by atoms with Crippen LogP contribution in [0.15, 0.2) is 42.5 Å². The molecule has 3 heterocycles. The SMILES string of the molecule is COc1ccc2c(c1)c(C(=O)N1CCN(CCc3cccc(O)c3)CC1)c(C)n2CCCN1CCN(C)CC1. The lowest BCUT2D eigenvalue weighted by Gasteiger charge is -2.35. The molecule has 1 N–H and O–H groups in total. The van der Waals surface area contributed by atoms with Crippen LogP contribution in [0.4, 0.5) is 0 Å². The predicted octanol–water partition coefficient (Wildman–Crippen LogP) is 3.30. The molecular formula is C31H43N5O3. The van der Waals surface area contributed by atoms with Gasteiger partial charge in [-0.1, -0.05) is 12.1 Å². The zero-order chi connectivity index (χ0) is 27.4. The van der Waals surface area contributed by atoms with Gasteiger partial charge in [0.1, 0.15) is 11.5 Å². The van der Waals surface area contributed by atoms with Gasteiger partial charge in [-0.3, -0.25) is 9.69 Å². The first-order valence-corrected chi connectivity index (χ1v) is 14.3. The van der Waals surface area contributed by atoms with E-state index in [1.807, 2.05) is 29.2 Å². The Morgan fingerprint density at radius 2 is 1.62 bits per heavy atom. The number of aromatic nitrogens is 1. The number of hydrogen-bond acceptors (Lipinski definition) is 6. The molecular weight excluding hydrogens is 490 g/mol. The number of piperazine rings is 2. The number of likely N-dealkylation sites (N-methyl/N-ethyl adjacent to an activating group) is 1. The van der Waals surface area contributed by atoms with Crippen molar-refractivity contribution in [3.05, 3.63) is 59.3 Å². The molecule has 2 aliphatic heterocycles. The van der Waals surface area contributed by atoms with Gasteiger partial charge < -0.3 is 29.1 Å². The van der Waals surface area contributed by atoms with Crippen LogP contribution >= 0.6 is 0 Å². The lowest BCUT2D eigenvalue weighted by molar-refractivity contribution is 0.0639. The van der Waals surface area contributed by atoms with Crippen molar-refractivity contribution < 1.29 is 14.6 Å². The first-order valence-electron chi connectivity index (χ1n) is 14.3. The van der Waals surface area contributed by atoms with E-state index in [0.717, 1.165) is 118 Å². The number of fused-ring (bicyclic) bond motifs is 1. The monoisotopic (exact) mass is 533 g/mol. The molecule has 3 aromatic rings. The molecule has 0 unspecified atom stereocenters. The Morgan fingerprint density at radius 3 is 2.33 bits per heavy atom. The van der Waals surface area contributed by atoms with Crippen LogP contribution in [0.25, 0.3) is 10.9 Å².